The fraction of sp³-hybridized carbons (Fsp3) is 0.250. The molecule has 0 spiro atoms. The van der Waals surface area contributed by atoms with E-state index in [0.29, 0.717) is 0 Å². The number of rotatable bonds is 6. The van der Waals surface area contributed by atoms with Gasteiger partial charge in [0.05, 0.1) is 12.8 Å². The van der Waals surface area contributed by atoms with E-state index in [2.05, 4.69) is 55.6 Å². The summed E-state index contributed by atoms with van der Waals surface area (Å²) in [7, 11) is 1.69. The predicted octanol–water partition coefficient (Wildman–Crippen LogP) is 4.98. The molecule has 1 atom stereocenters. The summed E-state index contributed by atoms with van der Waals surface area (Å²) in [6.45, 7) is 5.10. The first-order valence-electron chi connectivity index (χ1n) is 8.06. The largest absolute Gasteiger partial charge is 0.497 e. The van der Waals surface area contributed by atoms with Crippen LogP contribution >= 0.6 is 11.3 Å². The van der Waals surface area contributed by atoms with E-state index < -0.39 is 0 Å². The fourth-order valence-corrected chi connectivity index (χ4v) is 3.72. The van der Waals surface area contributed by atoms with Crippen molar-refractivity contribution in [2.75, 3.05) is 7.11 Å². The van der Waals surface area contributed by atoms with Gasteiger partial charge < -0.3 is 10.1 Å². The lowest BCUT2D eigenvalue weighted by Gasteiger charge is -2.13. The van der Waals surface area contributed by atoms with E-state index in [4.69, 9.17) is 9.72 Å². The first-order chi connectivity index (χ1) is 11.7. The Kier molecular flexibility index (Phi) is 5.28. The van der Waals surface area contributed by atoms with Crippen LogP contribution in [0.1, 0.15) is 29.1 Å². The molecule has 0 saturated heterocycles. The van der Waals surface area contributed by atoms with Crippen molar-refractivity contribution in [3.8, 4) is 16.3 Å². The van der Waals surface area contributed by atoms with Crippen LogP contribution in [0, 0.1) is 6.92 Å². The normalized spacial score (nSPS) is 12.1. The van der Waals surface area contributed by atoms with E-state index in [1.165, 1.54) is 16.0 Å². The Morgan fingerprint density at radius 3 is 2.46 bits per heavy atom. The topological polar surface area (TPSA) is 34.1 Å². The number of nitrogens with one attached hydrogen (secondary N) is 1. The van der Waals surface area contributed by atoms with E-state index in [0.717, 1.165) is 23.0 Å². The number of methoxy groups -OCH3 is 1. The molecule has 1 heterocycles. The van der Waals surface area contributed by atoms with Crippen molar-refractivity contribution in [2.45, 2.75) is 26.4 Å². The summed E-state index contributed by atoms with van der Waals surface area (Å²) in [5.74, 6) is 0.887. The van der Waals surface area contributed by atoms with Crippen molar-refractivity contribution in [3.63, 3.8) is 0 Å². The minimum atomic E-state index is 0.266. The minimum absolute atomic E-state index is 0.266. The molecule has 0 bridgehead atoms. The van der Waals surface area contributed by atoms with Crippen molar-refractivity contribution < 1.29 is 4.74 Å². The highest BCUT2D eigenvalue weighted by molar-refractivity contribution is 7.15. The van der Waals surface area contributed by atoms with Crippen LogP contribution in [-0.2, 0) is 6.54 Å². The second-order valence-corrected chi connectivity index (χ2v) is 6.82. The van der Waals surface area contributed by atoms with Crippen LogP contribution < -0.4 is 10.1 Å². The first kappa shape index (κ1) is 16.7. The third-order valence-electron chi connectivity index (χ3n) is 4.02. The van der Waals surface area contributed by atoms with Gasteiger partial charge in [0.2, 0.25) is 0 Å². The van der Waals surface area contributed by atoms with E-state index in [1.807, 2.05) is 18.2 Å². The summed E-state index contributed by atoms with van der Waals surface area (Å²) in [5, 5.41) is 4.67. The molecule has 124 valence electrons. The van der Waals surface area contributed by atoms with Gasteiger partial charge in [0.15, 0.2) is 0 Å². The molecular formula is C20H22N2OS. The van der Waals surface area contributed by atoms with Gasteiger partial charge in [0.1, 0.15) is 10.8 Å². The molecule has 0 aliphatic rings. The van der Waals surface area contributed by atoms with Gasteiger partial charge in [-0.1, -0.05) is 42.5 Å². The second kappa shape index (κ2) is 7.60. The molecule has 1 N–H and O–H groups in total. The maximum atomic E-state index is 5.20. The Morgan fingerprint density at radius 2 is 1.79 bits per heavy atom. The summed E-state index contributed by atoms with van der Waals surface area (Å²) in [4.78, 5) is 6.04. The van der Waals surface area contributed by atoms with Crippen molar-refractivity contribution >= 4 is 11.3 Å². The molecule has 0 radical (unpaired) electrons. The molecule has 0 saturated carbocycles. The first-order valence-corrected chi connectivity index (χ1v) is 8.88. The lowest BCUT2D eigenvalue weighted by Crippen LogP contribution is -2.17. The van der Waals surface area contributed by atoms with Crippen LogP contribution in [0.15, 0.2) is 54.6 Å². The van der Waals surface area contributed by atoms with Gasteiger partial charge in [-0.2, -0.15) is 0 Å². The molecule has 0 aliphatic carbocycles. The Morgan fingerprint density at radius 1 is 1.08 bits per heavy atom. The molecule has 4 heteroatoms. The number of aryl methyl sites for hydroxylation is 1. The van der Waals surface area contributed by atoms with Gasteiger partial charge in [-0.3, -0.25) is 0 Å². The SMILES string of the molecule is COc1ccc(CNC(C)c2sc(-c3ccccc3)nc2C)cc1. The van der Waals surface area contributed by atoms with Gasteiger partial charge in [-0.15, -0.1) is 11.3 Å². The monoisotopic (exact) mass is 338 g/mol. The predicted molar refractivity (Wildman–Crippen MR) is 101 cm³/mol. The average molecular weight is 338 g/mol. The second-order valence-electron chi connectivity index (χ2n) is 5.79. The molecule has 3 nitrogen and oxygen atoms in total. The van der Waals surface area contributed by atoms with E-state index in [-0.39, 0.29) is 6.04 Å². The lowest BCUT2D eigenvalue weighted by atomic mass is 10.2. The molecule has 24 heavy (non-hydrogen) atoms. The number of aromatic nitrogens is 1. The van der Waals surface area contributed by atoms with Crippen molar-refractivity contribution in [1.29, 1.82) is 0 Å². The Labute approximate surface area is 147 Å². The summed E-state index contributed by atoms with van der Waals surface area (Å²) < 4.78 is 5.20. The van der Waals surface area contributed by atoms with E-state index >= 15 is 0 Å². The highest BCUT2D eigenvalue weighted by Crippen LogP contribution is 2.31. The Hall–Kier alpha value is -2.17. The van der Waals surface area contributed by atoms with Gasteiger partial charge in [-0.05, 0) is 31.5 Å². The van der Waals surface area contributed by atoms with E-state index in [9.17, 15) is 0 Å². The third-order valence-corrected chi connectivity index (χ3v) is 5.41. The van der Waals surface area contributed by atoms with Gasteiger partial charge in [-0.25, -0.2) is 4.98 Å². The number of thiazole rings is 1. The molecule has 1 unspecified atom stereocenters. The highest BCUT2D eigenvalue weighted by atomic mass is 32.1. The molecule has 0 fully saturated rings. The Bertz CT molecular complexity index is 781. The average Bonchev–Trinajstić information content (AvgIpc) is 3.03. The lowest BCUT2D eigenvalue weighted by molar-refractivity contribution is 0.414. The van der Waals surface area contributed by atoms with Crippen molar-refractivity contribution in [2.24, 2.45) is 0 Å². The van der Waals surface area contributed by atoms with Gasteiger partial charge >= 0.3 is 0 Å². The zero-order chi connectivity index (χ0) is 16.9. The smallest absolute Gasteiger partial charge is 0.123 e. The number of nitrogens with zero attached hydrogens (tertiary/aromatic N) is 1. The number of hydrogen-bond donors (Lipinski definition) is 1. The quantitative estimate of drug-likeness (QED) is 0.688. The van der Waals surface area contributed by atoms with Crippen molar-refractivity contribution in [1.82, 2.24) is 10.3 Å². The zero-order valence-electron chi connectivity index (χ0n) is 14.2. The maximum Gasteiger partial charge on any atom is 0.123 e. The van der Waals surface area contributed by atoms with Crippen LogP contribution in [0.2, 0.25) is 0 Å². The van der Waals surface area contributed by atoms with Gasteiger partial charge in [0.25, 0.3) is 0 Å². The number of benzene rings is 2. The highest BCUT2D eigenvalue weighted by Gasteiger charge is 2.14. The molecular weight excluding hydrogens is 316 g/mol. The van der Waals surface area contributed by atoms with Crippen molar-refractivity contribution in [3.05, 3.63) is 70.7 Å². The minimum Gasteiger partial charge on any atom is -0.497 e. The summed E-state index contributed by atoms with van der Waals surface area (Å²) in [5.41, 5.74) is 3.53. The standard InChI is InChI=1S/C20H22N2OS/c1-14(21-13-16-9-11-18(23-3)12-10-16)19-15(2)22-20(24-19)17-7-5-4-6-8-17/h4-12,14,21H,13H2,1-3H3. The Balaban J connectivity index is 1.68. The summed E-state index contributed by atoms with van der Waals surface area (Å²) in [6.07, 6.45) is 0. The molecule has 3 rings (SSSR count). The van der Waals surface area contributed by atoms with Crippen LogP contribution in [0.5, 0.6) is 5.75 Å². The number of hydrogen-bond acceptors (Lipinski definition) is 4. The number of ether oxygens (including phenoxy) is 1. The summed E-state index contributed by atoms with van der Waals surface area (Å²) in [6, 6.07) is 18.8. The van der Waals surface area contributed by atoms with E-state index in [1.54, 1.807) is 18.4 Å². The molecule has 0 aliphatic heterocycles. The van der Waals surface area contributed by atoms with Crippen LogP contribution in [0.25, 0.3) is 10.6 Å². The zero-order valence-corrected chi connectivity index (χ0v) is 15.1. The molecule has 0 amide bonds. The van der Waals surface area contributed by atoms with Gasteiger partial charge in [0, 0.05) is 23.0 Å². The third kappa shape index (κ3) is 3.83. The fourth-order valence-electron chi connectivity index (χ4n) is 2.62. The van der Waals surface area contributed by atoms with Crippen LogP contribution in [0.3, 0.4) is 0 Å². The summed E-state index contributed by atoms with van der Waals surface area (Å²) >= 11 is 1.77. The van der Waals surface area contributed by atoms with Crippen LogP contribution in [0.4, 0.5) is 0 Å². The molecule has 1 aromatic heterocycles. The maximum absolute atomic E-state index is 5.20. The molecule has 3 aromatic rings. The molecule has 2 aromatic carbocycles. The van der Waals surface area contributed by atoms with Crippen LogP contribution in [-0.4, -0.2) is 12.1 Å².